The van der Waals surface area contributed by atoms with E-state index in [4.69, 9.17) is 4.84 Å². The first kappa shape index (κ1) is 10.4. The average Bonchev–Trinajstić information content (AvgIpc) is 2.55. The van der Waals surface area contributed by atoms with Gasteiger partial charge in [-0.05, 0) is 30.0 Å². The fourth-order valence-corrected chi connectivity index (χ4v) is 2.80. The van der Waals surface area contributed by atoms with Crippen molar-refractivity contribution < 1.29 is 4.84 Å². The quantitative estimate of drug-likeness (QED) is 0.708. The summed E-state index contributed by atoms with van der Waals surface area (Å²) in [5.74, 6) is 0. The smallest absolute Gasteiger partial charge is 0.0698 e. The average molecular weight is 211 g/mol. The van der Waals surface area contributed by atoms with Gasteiger partial charge in [0.15, 0.2) is 0 Å². The van der Waals surface area contributed by atoms with Gasteiger partial charge in [-0.1, -0.05) is 25.2 Å². The van der Waals surface area contributed by atoms with Crippen LogP contribution in [0.3, 0.4) is 0 Å². The largest absolute Gasteiger partial charge is 0.301 e. The molecule has 1 N–H and O–H groups in total. The molecule has 0 spiro atoms. The second-order valence-corrected chi connectivity index (χ2v) is 5.23. The number of hydroxylamine groups is 1. The highest BCUT2D eigenvalue weighted by Gasteiger charge is 2.28. The lowest BCUT2D eigenvalue weighted by molar-refractivity contribution is 0.0813. The first-order chi connectivity index (χ1) is 6.68. The lowest BCUT2D eigenvalue weighted by atomic mass is 9.78. The number of hydrogen-bond acceptors (Lipinski definition) is 2. The molecule has 0 bridgehead atoms. The van der Waals surface area contributed by atoms with Crippen molar-refractivity contribution in [3.8, 4) is 0 Å². The Bertz CT molecular complexity index is 268. The van der Waals surface area contributed by atoms with Crippen molar-refractivity contribution in [2.24, 2.45) is 5.41 Å². The van der Waals surface area contributed by atoms with Crippen LogP contribution in [-0.2, 0) is 4.84 Å². The Kier molecular flexibility index (Phi) is 3.06. The molecular weight excluding hydrogens is 193 g/mol. The van der Waals surface area contributed by atoms with E-state index in [1.165, 1.54) is 5.31 Å². The predicted molar refractivity (Wildman–Crippen MR) is 61.8 cm³/mol. The van der Waals surface area contributed by atoms with Gasteiger partial charge in [0, 0.05) is 6.04 Å². The lowest BCUT2D eigenvalue weighted by Gasteiger charge is -2.30. The minimum atomic E-state index is 0.303. The molecule has 3 atom stereocenters. The zero-order valence-corrected chi connectivity index (χ0v) is 9.78. The van der Waals surface area contributed by atoms with Crippen molar-refractivity contribution in [3.63, 3.8) is 0 Å². The lowest BCUT2D eigenvalue weighted by Crippen LogP contribution is -2.28. The third-order valence-corrected chi connectivity index (χ3v) is 3.30. The Morgan fingerprint density at radius 1 is 1.71 bits per heavy atom. The standard InChI is InChI=1S/C11H18NOP/c1-11(5-2-3-10(14)8-11)7-9-4-6-13-12-9/h2-3,8-9,12H,4-7,14H2,1H3/t9-,11?/m1/s1. The maximum Gasteiger partial charge on any atom is 0.0698 e. The van der Waals surface area contributed by atoms with Crippen molar-refractivity contribution >= 4 is 9.24 Å². The zero-order chi connectivity index (χ0) is 10.0. The molecule has 2 nitrogen and oxygen atoms in total. The van der Waals surface area contributed by atoms with E-state index in [1.54, 1.807) is 0 Å². The predicted octanol–water partition coefficient (Wildman–Crippen LogP) is 2.40. The molecule has 2 aliphatic rings. The highest BCUT2D eigenvalue weighted by atomic mass is 31.0. The fourth-order valence-electron chi connectivity index (χ4n) is 2.26. The zero-order valence-electron chi connectivity index (χ0n) is 8.62. The van der Waals surface area contributed by atoms with Crippen LogP contribution >= 0.6 is 9.24 Å². The van der Waals surface area contributed by atoms with Crippen LogP contribution in [0, 0.1) is 5.41 Å². The van der Waals surface area contributed by atoms with Crippen molar-refractivity contribution in [1.82, 2.24) is 5.48 Å². The third-order valence-electron chi connectivity index (χ3n) is 2.94. The van der Waals surface area contributed by atoms with Gasteiger partial charge in [-0.3, -0.25) is 0 Å². The van der Waals surface area contributed by atoms with E-state index in [2.05, 4.69) is 39.9 Å². The van der Waals surface area contributed by atoms with E-state index >= 15 is 0 Å². The normalized spacial score (nSPS) is 37.3. The monoisotopic (exact) mass is 211 g/mol. The van der Waals surface area contributed by atoms with Crippen molar-refractivity contribution in [2.75, 3.05) is 6.61 Å². The summed E-state index contributed by atoms with van der Waals surface area (Å²) in [6.45, 7) is 3.18. The van der Waals surface area contributed by atoms with Gasteiger partial charge in [0.25, 0.3) is 0 Å². The minimum absolute atomic E-state index is 0.303. The van der Waals surface area contributed by atoms with Gasteiger partial charge in [-0.15, -0.1) is 9.24 Å². The van der Waals surface area contributed by atoms with Crippen LogP contribution in [0.25, 0.3) is 0 Å². The van der Waals surface area contributed by atoms with Crippen molar-refractivity contribution in [1.29, 1.82) is 0 Å². The van der Waals surface area contributed by atoms with Gasteiger partial charge in [-0.2, -0.15) is 5.48 Å². The van der Waals surface area contributed by atoms with Crippen LogP contribution in [0.5, 0.6) is 0 Å². The molecule has 0 amide bonds. The number of rotatable bonds is 2. The molecule has 3 heteroatoms. The Morgan fingerprint density at radius 2 is 2.57 bits per heavy atom. The van der Waals surface area contributed by atoms with Crippen LogP contribution in [-0.4, -0.2) is 12.6 Å². The molecule has 2 unspecified atom stereocenters. The van der Waals surface area contributed by atoms with E-state index in [9.17, 15) is 0 Å². The maximum atomic E-state index is 5.18. The van der Waals surface area contributed by atoms with Crippen LogP contribution in [0.2, 0.25) is 0 Å². The summed E-state index contributed by atoms with van der Waals surface area (Å²) in [5.41, 5.74) is 3.39. The second-order valence-electron chi connectivity index (χ2n) is 4.56. The summed E-state index contributed by atoms with van der Waals surface area (Å²) in [7, 11) is 2.78. The fraction of sp³-hybridized carbons (Fsp3) is 0.636. The van der Waals surface area contributed by atoms with Gasteiger partial charge in [0.2, 0.25) is 0 Å². The molecule has 78 valence electrons. The molecule has 1 aliphatic heterocycles. The van der Waals surface area contributed by atoms with Crippen LogP contribution in [0.1, 0.15) is 26.2 Å². The van der Waals surface area contributed by atoms with E-state index in [0.29, 0.717) is 11.5 Å². The van der Waals surface area contributed by atoms with Gasteiger partial charge in [0.05, 0.1) is 6.61 Å². The topological polar surface area (TPSA) is 21.3 Å². The summed E-state index contributed by atoms with van der Waals surface area (Å²) < 4.78 is 0. The minimum Gasteiger partial charge on any atom is -0.301 e. The highest BCUT2D eigenvalue weighted by Crippen LogP contribution is 2.37. The van der Waals surface area contributed by atoms with Crippen molar-refractivity contribution in [2.45, 2.75) is 32.2 Å². The molecule has 2 rings (SSSR count). The van der Waals surface area contributed by atoms with Gasteiger partial charge in [0.1, 0.15) is 0 Å². The first-order valence-corrected chi connectivity index (χ1v) is 5.78. The molecule has 1 fully saturated rings. The Hall–Kier alpha value is -0.170. The molecule has 0 aromatic carbocycles. The van der Waals surface area contributed by atoms with E-state index in [1.807, 2.05) is 0 Å². The highest BCUT2D eigenvalue weighted by molar-refractivity contribution is 7.22. The van der Waals surface area contributed by atoms with Gasteiger partial charge < -0.3 is 4.84 Å². The second kappa shape index (κ2) is 4.14. The Morgan fingerprint density at radius 3 is 3.21 bits per heavy atom. The Labute approximate surface area is 87.9 Å². The van der Waals surface area contributed by atoms with Gasteiger partial charge in [-0.25, -0.2) is 0 Å². The summed E-state index contributed by atoms with van der Waals surface area (Å²) in [6, 6.07) is 0.528. The molecule has 0 radical (unpaired) electrons. The summed E-state index contributed by atoms with van der Waals surface area (Å²) in [4.78, 5) is 5.18. The molecule has 1 aliphatic carbocycles. The van der Waals surface area contributed by atoms with Crippen LogP contribution in [0.4, 0.5) is 0 Å². The summed E-state index contributed by atoms with van der Waals surface area (Å²) in [5, 5.41) is 1.30. The maximum absolute atomic E-state index is 5.18. The molecule has 14 heavy (non-hydrogen) atoms. The van der Waals surface area contributed by atoms with E-state index in [0.717, 1.165) is 25.9 Å². The third kappa shape index (κ3) is 2.44. The summed E-state index contributed by atoms with van der Waals surface area (Å²) >= 11 is 0. The molecule has 0 aromatic rings. The number of nitrogens with one attached hydrogen (secondary N) is 1. The molecule has 0 aromatic heterocycles. The molecule has 1 heterocycles. The number of hydrogen-bond donors (Lipinski definition) is 1. The first-order valence-electron chi connectivity index (χ1n) is 5.20. The molecule has 1 saturated heterocycles. The molecule has 0 saturated carbocycles. The van der Waals surface area contributed by atoms with E-state index in [-0.39, 0.29) is 0 Å². The summed E-state index contributed by atoms with van der Waals surface area (Å²) in [6.07, 6.45) is 10.2. The van der Waals surface area contributed by atoms with Crippen molar-refractivity contribution in [3.05, 3.63) is 23.5 Å². The van der Waals surface area contributed by atoms with Crippen LogP contribution in [0.15, 0.2) is 23.5 Å². The van der Waals surface area contributed by atoms with Crippen LogP contribution < -0.4 is 5.48 Å². The SMILES string of the molecule is CC1(C[C@H]2CCON2)C=C(P)C=CC1. The van der Waals surface area contributed by atoms with E-state index < -0.39 is 0 Å². The van der Waals surface area contributed by atoms with Gasteiger partial charge >= 0.3 is 0 Å². The Balaban J connectivity index is 1.98. The number of allylic oxidation sites excluding steroid dienone is 4. The molecular formula is C11H18NOP.